The van der Waals surface area contributed by atoms with Crippen LogP contribution >= 0.6 is 11.6 Å². The molecule has 0 saturated carbocycles. The molecular weight excluding hydrogens is 328 g/mol. The first-order chi connectivity index (χ1) is 11.5. The fourth-order valence-electron chi connectivity index (χ4n) is 3.24. The fourth-order valence-corrected chi connectivity index (χ4v) is 3.53. The predicted octanol–water partition coefficient (Wildman–Crippen LogP) is 3.94. The van der Waals surface area contributed by atoms with E-state index in [1.54, 1.807) is 16.9 Å². The molecule has 1 unspecified atom stereocenters. The molecule has 0 aliphatic carbocycles. The molecule has 1 aliphatic rings. The molecule has 1 saturated heterocycles. The number of halogens is 1. The number of aromatic nitrogens is 3. The lowest BCUT2D eigenvalue weighted by molar-refractivity contribution is 0.0663. The van der Waals surface area contributed by atoms with Crippen molar-refractivity contribution in [3.63, 3.8) is 0 Å². The third-order valence-electron chi connectivity index (χ3n) is 4.58. The number of likely N-dealkylation sites (tertiary alicyclic amines) is 1. The molecule has 130 valence electrons. The number of amides is 1. The zero-order chi connectivity index (χ0) is 17.3. The summed E-state index contributed by atoms with van der Waals surface area (Å²) >= 11 is 6.34. The van der Waals surface area contributed by atoms with E-state index in [9.17, 15) is 4.79 Å². The van der Waals surface area contributed by atoms with Crippen molar-refractivity contribution < 1.29 is 9.32 Å². The maximum atomic E-state index is 13.0. The maximum absolute atomic E-state index is 13.0. The first-order valence-electron chi connectivity index (χ1n) is 8.44. The molecule has 0 radical (unpaired) electrons. The molecular formula is C17H23ClN4O2. The van der Waals surface area contributed by atoms with Crippen molar-refractivity contribution in [2.75, 3.05) is 6.54 Å². The summed E-state index contributed by atoms with van der Waals surface area (Å²) in [5, 5.41) is 8.81. The molecule has 0 bridgehead atoms. The molecule has 24 heavy (non-hydrogen) atoms. The summed E-state index contributed by atoms with van der Waals surface area (Å²) in [6.45, 7) is 4.72. The van der Waals surface area contributed by atoms with Crippen LogP contribution in [-0.4, -0.2) is 32.3 Å². The lowest BCUT2D eigenvalue weighted by atomic mass is 10.1. The van der Waals surface area contributed by atoms with Gasteiger partial charge in [-0.2, -0.15) is 5.10 Å². The number of hydrogen-bond acceptors (Lipinski definition) is 4. The molecule has 6 nitrogen and oxygen atoms in total. The van der Waals surface area contributed by atoms with Crippen LogP contribution in [0, 0.1) is 0 Å². The third kappa shape index (κ3) is 3.20. The summed E-state index contributed by atoms with van der Waals surface area (Å²) < 4.78 is 7.07. The largest absolute Gasteiger partial charge is 0.360 e. The number of aryl methyl sites for hydroxylation is 1. The van der Waals surface area contributed by atoms with Gasteiger partial charge in [0.15, 0.2) is 5.69 Å². The van der Waals surface area contributed by atoms with Crippen LogP contribution < -0.4 is 0 Å². The first-order valence-corrected chi connectivity index (χ1v) is 8.81. The van der Waals surface area contributed by atoms with Crippen molar-refractivity contribution >= 4 is 17.5 Å². The highest BCUT2D eigenvalue weighted by molar-refractivity contribution is 6.31. The van der Waals surface area contributed by atoms with E-state index in [1.165, 1.54) is 0 Å². The van der Waals surface area contributed by atoms with Crippen molar-refractivity contribution in [1.82, 2.24) is 19.8 Å². The van der Waals surface area contributed by atoms with Crippen LogP contribution in [0.2, 0.25) is 5.02 Å². The van der Waals surface area contributed by atoms with Crippen molar-refractivity contribution in [2.45, 2.75) is 51.5 Å². The summed E-state index contributed by atoms with van der Waals surface area (Å²) in [5.74, 6) is 0.823. The minimum atomic E-state index is -0.102. The number of carbonyl (C=O) groups is 1. The number of hydrogen-bond donors (Lipinski definition) is 0. The summed E-state index contributed by atoms with van der Waals surface area (Å²) in [4.78, 5) is 14.9. The molecule has 1 amide bonds. The van der Waals surface area contributed by atoms with Gasteiger partial charge in [0.05, 0.1) is 23.0 Å². The Hall–Kier alpha value is -1.82. The van der Waals surface area contributed by atoms with Gasteiger partial charge in [0, 0.05) is 25.6 Å². The molecule has 2 aromatic heterocycles. The topological polar surface area (TPSA) is 64.2 Å². The van der Waals surface area contributed by atoms with Crippen LogP contribution in [0.5, 0.6) is 0 Å². The lowest BCUT2D eigenvalue weighted by Crippen LogP contribution is -2.36. The summed E-state index contributed by atoms with van der Waals surface area (Å²) in [6, 6.07) is 1.67. The molecule has 3 heterocycles. The third-order valence-corrected chi connectivity index (χ3v) is 4.87. The van der Waals surface area contributed by atoms with E-state index >= 15 is 0 Å². The van der Waals surface area contributed by atoms with Gasteiger partial charge in [-0.05, 0) is 12.8 Å². The molecule has 1 atom stereocenters. The molecule has 0 spiro atoms. The Morgan fingerprint density at radius 3 is 2.79 bits per heavy atom. The fraction of sp³-hybridized carbons (Fsp3) is 0.588. The molecule has 7 heteroatoms. The van der Waals surface area contributed by atoms with Gasteiger partial charge >= 0.3 is 0 Å². The Morgan fingerprint density at radius 2 is 2.17 bits per heavy atom. The van der Waals surface area contributed by atoms with E-state index in [2.05, 4.69) is 10.3 Å². The molecule has 1 aliphatic heterocycles. The zero-order valence-electron chi connectivity index (χ0n) is 14.3. The van der Waals surface area contributed by atoms with Gasteiger partial charge in [-0.3, -0.25) is 9.48 Å². The van der Waals surface area contributed by atoms with Gasteiger partial charge in [0.2, 0.25) is 0 Å². The Kier molecular flexibility index (Phi) is 4.94. The smallest absolute Gasteiger partial charge is 0.276 e. The highest BCUT2D eigenvalue weighted by Crippen LogP contribution is 2.34. The molecule has 0 N–H and O–H groups in total. The second-order valence-electron chi connectivity index (χ2n) is 6.63. The van der Waals surface area contributed by atoms with E-state index in [1.807, 2.05) is 25.8 Å². The molecule has 2 aromatic rings. The van der Waals surface area contributed by atoms with E-state index in [4.69, 9.17) is 16.1 Å². The molecule has 1 fully saturated rings. The van der Waals surface area contributed by atoms with Gasteiger partial charge in [-0.25, -0.2) is 0 Å². The van der Waals surface area contributed by atoms with Crippen LogP contribution in [0.4, 0.5) is 0 Å². The first kappa shape index (κ1) is 17.0. The van der Waals surface area contributed by atoms with Gasteiger partial charge in [0.25, 0.3) is 5.91 Å². The lowest BCUT2D eigenvalue weighted by Gasteiger charge is -2.29. The van der Waals surface area contributed by atoms with Crippen LogP contribution in [-0.2, 0) is 7.05 Å². The zero-order valence-corrected chi connectivity index (χ0v) is 15.1. The highest BCUT2D eigenvalue weighted by Gasteiger charge is 2.32. The molecule has 0 aromatic carbocycles. The minimum absolute atomic E-state index is 0.0841. The van der Waals surface area contributed by atoms with Crippen molar-refractivity contribution in [3.8, 4) is 0 Å². The minimum Gasteiger partial charge on any atom is -0.360 e. The number of rotatable bonds is 3. The van der Waals surface area contributed by atoms with E-state index in [0.717, 1.165) is 37.1 Å². The average molecular weight is 351 g/mol. The highest BCUT2D eigenvalue weighted by atomic mass is 35.5. The van der Waals surface area contributed by atoms with Gasteiger partial charge < -0.3 is 9.42 Å². The van der Waals surface area contributed by atoms with Crippen LogP contribution in [0.1, 0.15) is 73.4 Å². The summed E-state index contributed by atoms with van der Waals surface area (Å²) in [7, 11) is 1.86. The monoisotopic (exact) mass is 350 g/mol. The second kappa shape index (κ2) is 6.97. The Balaban J connectivity index is 1.93. The van der Waals surface area contributed by atoms with Gasteiger partial charge in [-0.15, -0.1) is 0 Å². The van der Waals surface area contributed by atoms with Crippen molar-refractivity contribution in [1.29, 1.82) is 0 Å². The Labute approximate surface area is 146 Å². The number of nitrogens with zero attached hydrogens (tertiary/aromatic N) is 4. The van der Waals surface area contributed by atoms with E-state index in [0.29, 0.717) is 17.3 Å². The van der Waals surface area contributed by atoms with Crippen molar-refractivity contribution in [3.05, 3.63) is 34.4 Å². The second-order valence-corrected chi connectivity index (χ2v) is 7.04. The summed E-state index contributed by atoms with van der Waals surface area (Å²) in [5.41, 5.74) is 1.25. The Bertz CT molecular complexity index is 702. The quantitative estimate of drug-likeness (QED) is 0.840. The van der Waals surface area contributed by atoms with Crippen LogP contribution in [0.15, 0.2) is 16.8 Å². The van der Waals surface area contributed by atoms with Crippen molar-refractivity contribution in [2.24, 2.45) is 7.05 Å². The summed E-state index contributed by atoms with van der Waals surface area (Å²) in [6.07, 6.45) is 5.65. The predicted molar refractivity (Wildman–Crippen MR) is 91.1 cm³/mol. The SMILES string of the molecule is CC(C)c1cc(C(=O)N2CCCCCC2c2c(Cl)cnn2C)no1. The van der Waals surface area contributed by atoms with Gasteiger partial charge in [-0.1, -0.05) is 43.4 Å². The standard InChI is InChI=1S/C17H23ClN4O2/c1-11(2)15-9-13(20-24-15)17(23)22-8-6-4-5-7-14(22)16-12(18)10-19-21(16)3/h9-11,14H,4-8H2,1-3H3. The normalized spacial score (nSPS) is 18.9. The van der Waals surface area contributed by atoms with Gasteiger partial charge in [0.1, 0.15) is 5.76 Å². The van der Waals surface area contributed by atoms with Crippen LogP contribution in [0.3, 0.4) is 0 Å². The average Bonchev–Trinajstić information content (AvgIpc) is 3.08. The number of carbonyl (C=O) groups excluding carboxylic acids is 1. The van der Waals surface area contributed by atoms with E-state index in [-0.39, 0.29) is 17.9 Å². The molecule has 3 rings (SSSR count). The Morgan fingerprint density at radius 1 is 1.38 bits per heavy atom. The van der Waals surface area contributed by atoms with E-state index < -0.39 is 0 Å². The van der Waals surface area contributed by atoms with Crippen LogP contribution in [0.25, 0.3) is 0 Å². The maximum Gasteiger partial charge on any atom is 0.276 e.